The van der Waals surface area contributed by atoms with Crippen molar-refractivity contribution in [2.45, 2.75) is 25.9 Å². The predicted octanol–water partition coefficient (Wildman–Crippen LogP) is 3.93. The summed E-state index contributed by atoms with van der Waals surface area (Å²) in [6.07, 6.45) is -2.09. The smallest absolute Gasteiger partial charge is 0.356 e. The van der Waals surface area contributed by atoms with Crippen molar-refractivity contribution in [3.05, 3.63) is 22.3 Å². The maximum Gasteiger partial charge on any atom is 0.391 e. The standard InChI is InChI=1S/C12H14BrF3N2/c1-8-2-5-17-11(10(8)13)18-6-3-9(4-7-18)12(14,15)16/h2,5,9H,3-4,6-7H2,1H3. The van der Waals surface area contributed by atoms with E-state index in [1.54, 1.807) is 6.20 Å². The van der Waals surface area contributed by atoms with Gasteiger partial charge in [0.05, 0.1) is 10.4 Å². The second-order valence-electron chi connectivity index (χ2n) is 4.57. The van der Waals surface area contributed by atoms with Gasteiger partial charge in [-0.25, -0.2) is 4.98 Å². The highest BCUT2D eigenvalue weighted by molar-refractivity contribution is 9.10. The normalized spacial score (nSPS) is 18.2. The van der Waals surface area contributed by atoms with E-state index in [-0.39, 0.29) is 12.8 Å². The number of hydrogen-bond acceptors (Lipinski definition) is 2. The Hall–Kier alpha value is -0.780. The van der Waals surface area contributed by atoms with Crippen molar-refractivity contribution in [2.24, 2.45) is 5.92 Å². The Morgan fingerprint density at radius 2 is 1.94 bits per heavy atom. The molecule has 0 unspecified atom stereocenters. The number of piperidine rings is 1. The molecule has 100 valence electrons. The van der Waals surface area contributed by atoms with Gasteiger partial charge in [0.15, 0.2) is 0 Å². The first-order valence-corrected chi connectivity index (χ1v) is 6.61. The van der Waals surface area contributed by atoms with E-state index in [2.05, 4.69) is 20.9 Å². The quantitative estimate of drug-likeness (QED) is 0.778. The van der Waals surface area contributed by atoms with Crippen LogP contribution in [-0.2, 0) is 0 Å². The van der Waals surface area contributed by atoms with E-state index in [9.17, 15) is 13.2 Å². The van der Waals surface area contributed by atoms with Gasteiger partial charge in [0.2, 0.25) is 0 Å². The fourth-order valence-corrected chi connectivity index (χ4v) is 2.65. The van der Waals surface area contributed by atoms with Crippen LogP contribution in [0.1, 0.15) is 18.4 Å². The number of pyridine rings is 1. The first kappa shape index (κ1) is 13.6. The number of aromatic nitrogens is 1. The molecule has 2 nitrogen and oxygen atoms in total. The van der Waals surface area contributed by atoms with Crippen LogP contribution >= 0.6 is 15.9 Å². The molecule has 0 amide bonds. The minimum Gasteiger partial charge on any atom is -0.356 e. The van der Waals surface area contributed by atoms with Gasteiger partial charge in [-0.2, -0.15) is 13.2 Å². The van der Waals surface area contributed by atoms with Gasteiger partial charge in [-0.1, -0.05) is 0 Å². The molecule has 1 aromatic rings. The highest BCUT2D eigenvalue weighted by atomic mass is 79.9. The van der Waals surface area contributed by atoms with Crippen LogP contribution in [0.15, 0.2) is 16.7 Å². The Morgan fingerprint density at radius 3 is 2.50 bits per heavy atom. The third-order valence-corrected chi connectivity index (χ3v) is 4.30. The van der Waals surface area contributed by atoms with Crippen LogP contribution in [0, 0.1) is 12.8 Å². The lowest BCUT2D eigenvalue weighted by Crippen LogP contribution is -2.39. The fourth-order valence-electron chi connectivity index (χ4n) is 2.16. The van der Waals surface area contributed by atoms with E-state index in [1.807, 2.05) is 17.9 Å². The van der Waals surface area contributed by atoms with Gasteiger partial charge in [-0.3, -0.25) is 0 Å². The zero-order chi connectivity index (χ0) is 13.3. The molecule has 1 fully saturated rings. The van der Waals surface area contributed by atoms with Crippen molar-refractivity contribution in [2.75, 3.05) is 18.0 Å². The Bertz CT molecular complexity index is 426. The van der Waals surface area contributed by atoms with Crippen LogP contribution in [0.25, 0.3) is 0 Å². The minimum absolute atomic E-state index is 0.144. The third kappa shape index (κ3) is 2.79. The first-order valence-electron chi connectivity index (χ1n) is 5.82. The van der Waals surface area contributed by atoms with Gasteiger partial charge < -0.3 is 4.90 Å². The van der Waals surface area contributed by atoms with Gasteiger partial charge in [0.1, 0.15) is 5.82 Å². The summed E-state index contributed by atoms with van der Waals surface area (Å²) in [5.41, 5.74) is 1.04. The van der Waals surface area contributed by atoms with Crippen LogP contribution in [0.3, 0.4) is 0 Å². The molecule has 0 spiro atoms. The van der Waals surface area contributed by atoms with Gasteiger partial charge in [-0.05, 0) is 47.3 Å². The second-order valence-corrected chi connectivity index (χ2v) is 5.36. The molecule has 6 heteroatoms. The monoisotopic (exact) mass is 322 g/mol. The number of aryl methyl sites for hydroxylation is 1. The van der Waals surface area contributed by atoms with Crippen LogP contribution < -0.4 is 4.90 Å². The zero-order valence-corrected chi connectivity index (χ0v) is 11.6. The van der Waals surface area contributed by atoms with Crippen molar-refractivity contribution in [1.29, 1.82) is 0 Å². The van der Waals surface area contributed by atoms with Crippen molar-refractivity contribution in [3.8, 4) is 0 Å². The molecule has 0 radical (unpaired) electrons. The predicted molar refractivity (Wildman–Crippen MR) is 67.7 cm³/mol. The van der Waals surface area contributed by atoms with Crippen LogP contribution in [0.4, 0.5) is 19.0 Å². The summed E-state index contributed by atoms with van der Waals surface area (Å²) in [7, 11) is 0. The maximum atomic E-state index is 12.6. The van der Waals surface area contributed by atoms with E-state index in [0.717, 1.165) is 15.9 Å². The largest absolute Gasteiger partial charge is 0.391 e. The minimum atomic E-state index is -4.07. The summed E-state index contributed by atoms with van der Waals surface area (Å²) in [5.74, 6) is -0.423. The number of nitrogens with zero attached hydrogens (tertiary/aromatic N) is 2. The summed E-state index contributed by atoms with van der Waals surface area (Å²) < 4.78 is 38.6. The van der Waals surface area contributed by atoms with E-state index >= 15 is 0 Å². The van der Waals surface area contributed by atoms with E-state index in [1.165, 1.54) is 0 Å². The van der Waals surface area contributed by atoms with Crippen molar-refractivity contribution < 1.29 is 13.2 Å². The molecular weight excluding hydrogens is 309 g/mol. The average Bonchev–Trinajstić information content (AvgIpc) is 2.32. The molecule has 0 bridgehead atoms. The molecule has 1 aliphatic rings. The molecule has 2 heterocycles. The molecule has 1 aliphatic heterocycles. The molecule has 1 saturated heterocycles. The maximum absolute atomic E-state index is 12.6. The van der Waals surface area contributed by atoms with Crippen molar-refractivity contribution in [1.82, 2.24) is 4.98 Å². The molecular formula is C12H14BrF3N2. The van der Waals surface area contributed by atoms with Crippen LogP contribution in [0.5, 0.6) is 0 Å². The molecule has 0 aliphatic carbocycles. The number of halogens is 4. The lowest BCUT2D eigenvalue weighted by Gasteiger charge is -2.34. The Balaban J connectivity index is 2.08. The highest BCUT2D eigenvalue weighted by Crippen LogP contribution is 2.36. The zero-order valence-electron chi connectivity index (χ0n) is 9.97. The molecule has 18 heavy (non-hydrogen) atoms. The Kier molecular flexibility index (Phi) is 3.84. The van der Waals surface area contributed by atoms with Crippen LogP contribution in [0.2, 0.25) is 0 Å². The number of hydrogen-bond donors (Lipinski definition) is 0. The number of anilines is 1. The summed E-state index contributed by atoms with van der Waals surface area (Å²) in [4.78, 5) is 6.16. The molecule has 0 atom stereocenters. The van der Waals surface area contributed by atoms with Gasteiger partial charge in [0.25, 0.3) is 0 Å². The van der Waals surface area contributed by atoms with Crippen molar-refractivity contribution >= 4 is 21.7 Å². The van der Waals surface area contributed by atoms with Gasteiger partial charge >= 0.3 is 6.18 Å². The van der Waals surface area contributed by atoms with E-state index in [4.69, 9.17) is 0 Å². The number of alkyl halides is 3. The highest BCUT2D eigenvalue weighted by Gasteiger charge is 2.41. The van der Waals surface area contributed by atoms with Crippen molar-refractivity contribution in [3.63, 3.8) is 0 Å². The van der Waals surface area contributed by atoms with Crippen LogP contribution in [-0.4, -0.2) is 24.2 Å². The molecule has 2 rings (SSSR count). The average molecular weight is 323 g/mol. The second kappa shape index (κ2) is 5.07. The van der Waals surface area contributed by atoms with Gasteiger partial charge in [0, 0.05) is 19.3 Å². The SMILES string of the molecule is Cc1ccnc(N2CCC(C(F)(F)F)CC2)c1Br. The summed E-state index contributed by atoms with van der Waals surface area (Å²) in [6.45, 7) is 2.75. The van der Waals surface area contributed by atoms with E-state index in [0.29, 0.717) is 13.1 Å². The third-order valence-electron chi connectivity index (χ3n) is 3.32. The summed E-state index contributed by atoms with van der Waals surface area (Å²) in [6, 6.07) is 1.87. The lowest BCUT2D eigenvalue weighted by molar-refractivity contribution is -0.179. The Labute approximate surface area is 112 Å². The first-order chi connectivity index (χ1) is 8.39. The molecule has 0 saturated carbocycles. The Morgan fingerprint density at radius 1 is 1.33 bits per heavy atom. The summed E-state index contributed by atoms with van der Waals surface area (Å²) >= 11 is 3.44. The molecule has 0 aromatic carbocycles. The molecule has 1 aromatic heterocycles. The lowest BCUT2D eigenvalue weighted by atomic mass is 9.96. The van der Waals surface area contributed by atoms with Gasteiger partial charge in [-0.15, -0.1) is 0 Å². The summed E-state index contributed by atoms with van der Waals surface area (Å²) in [5, 5.41) is 0. The topological polar surface area (TPSA) is 16.1 Å². The molecule has 0 N–H and O–H groups in total. The fraction of sp³-hybridized carbons (Fsp3) is 0.583. The number of rotatable bonds is 1. The van der Waals surface area contributed by atoms with E-state index < -0.39 is 12.1 Å².